The van der Waals surface area contributed by atoms with Gasteiger partial charge in [-0.05, 0) is 78.1 Å². The van der Waals surface area contributed by atoms with Crippen molar-refractivity contribution in [3.8, 4) is 22.9 Å². The van der Waals surface area contributed by atoms with Gasteiger partial charge in [0, 0.05) is 0 Å². The van der Waals surface area contributed by atoms with Crippen LogP contribution in [0.15, 0.2) is 66.7 Å². The van der Waals surface area contributed by atoms with Crippen LogP contribution >= 0.6 is 0 Å². The first-order valence-electron chi connectivity index (χ1n) is 13.4. The number of carbonyl (C=O) groups is 1. The van der Waals surface area contributed by atoms with Crippen molar-refractivity contribution in [1.82, 2.24) is 0 Å². The number of unbranched alkanes of at least 4 members (excludes halogenated alkanes) is 5. The minimum absolute atomic E-state index is 0.315. The Morgan fingerprint density at radius 2 is 1.42 bits per heavy atom. The fourth-order valence-corrected chi connectivity index (χ4v) is 4.30. The average molecular weight is 482 g/mol. The van der Waals surface area contributed by atoms with Gasteiger partial charge in [-0.15, -0.1) is 0 Å². The monoisotopic (exact) mass is 481 g/mol. The molecular weight excluding hydrogens is 442 g/mol. The molecule has 0 saturated carbocycles. The van der Waals surface area contributed by atoms with Crippen LogP contribution in [0.5, 0.6) is 5.75 Å². The molecule has 0 aliphatic rings. The first kappa shape index (κ1) is 27.2. The molecule has 0 aliphatic carbocycles. The smallest absolute Gasteiger partial charge is 0.343 e. The van der Waals surface area contributed by atoms with Crippen molar-refractivity contribution in [3.63, 3.8) is 0 Å². The van der Waals surface area contributed by atoms with Crippen LogP contribution in [0.3, 0.4) is 0 Å². The topological polar surface area (TPSA) is 50.1 Å². The Balaban J connectivity index is 1.57. The number of hydrogen-bond acceptors (Lipinski definition) is 3. The van der Waals surface area contributed by atoms with E-state index in [4.69, 9.17) is 4.74 Å². The quantitative estimate of drug-likeness (QED) is 0.139. The largest absolute Gasteiger partial charge is 0.422 e. The summed E-state index contributed by atoms with van der Waals surface area (Å²) in [6.45, 7) is 6.71. The van der Waals surface area contributed by atoms with E-state index in [9.17, 15) is 10.1 Å². The predicted molar refractivity (Wildman–Crippen MR) is 148 cm³/mol. The highest BCUT2D eigenvalue weighted by atomic mass is 16.5. The van der Waals surface area contributed by atoms with Crippen LogP contribution in [0.2, 0.25) is 0 Å². The summed E-state index contributed by atoms with van der Waals surface area (Å²) in [4.78, 5) is 12.8. The lowest BCUT2D eigenvalue weighted by Crippen LogP contribution is -2.09. The van der Waals surface area contributed by atoms with E-state index >= 15 is 0 Å². The van der Waals surface area contributed by atoms with Crippen LogP contribution in [0.25, 0.3) is 11.1 Å². The van der Waals surface area contributed by atoms with Gasteiger partial charge in [0.15, 0.2) is 0 Å². The summed E-state index contributed by atoms with van der Waals surface area (Å²) < 4.78 is 5.59. The van der Waals surface area contributed by atoms with Gasteiger partial charge in [-0.25, -0.2) is 4.79 Å². The SMILES string of the molecule is CCCCCCCCc1ccc(OC(=O)c2ccc(-c3ccc(CCC(C)C)cc3)cc2)c(C#N)c1. The zero-order valence-corrected chi connectivity index (χ0v) is 22.1. The minimum atomic E-state index is -0.453. The lowest BCUT2D eigenvalue weighted by Gasteiger charge is -2.09. The van der Waals surface area contributed by atoms with Gasteiger partial charge < -0.3 is 4.74 Å². The zero-order chi connectivity index (χ0) is 25.8. The lowest BCUT2D eigenvalue weighted by molar-refractivity contribution is 0.0734. The lowest BCUT2D eigenvalue weighted by atomic mass is 9.99. The van der Waals surface area contributed by atoms with Crippen molar-refractivity contribution in [2.75, 3.05) is 0 Å². The van der Waals surface area contributed by atoms with Gasteiger partial charge in [-0.3, -0.25) is 0 Å². The Hall–Kier alpha value is -3.38. The third-order valence-electron chi connectivity index (χ3n) is 6.60. The maximum absolute atomic E-state index is 12.8. The molecular formula is C33H39NO2. The van der Waals surface area contributed by atoms with Crippen LogP contribution in [0.4, 0.5) is 0 Å². The molecule has 0 aliphatic heterocycles. The maximum Gasteiger partial charge on any atom is 0.343 e. The summed E-state index contributed by atoms with van der Waals surface area (Å²) in [5.41, 5.74) is 5.50. The fraction of sp³-hybridized carbons (Fsp3) is 0.394. The Labute approximate surface area is 217 Å². The van der Waals surface area contributed by atoms with Crippen LogP contribution in [0.1, 0.15) is 92.8 Å². The van der Waals surface area contributed by atoms with E-state index < -0.39 is 5.97 Å². The number of rotatable bonds is 13. The van der Waals surface area contributed by atoms with E-state index in [-0.39, 0.29) is 0 Å². The first-order valence-corrected chi connectivity index (χ1v) is 13.4. The maximum atomic E-state index is 12.8. The van der Waals surface area contributed by atoms with Gasteiger partial charge in [0.2, 0.25) is 0 Å². The van der Waals surface area contributed by atoms with Crippen LogP contribution in [-0.4, -0.2) is 5.97 Å². The molecule has 0 bridgehead atoms. The van der Waals surface area contributed by atoms with Gasteiger partial charge >= 0.3 is 5.97 Å². The molecule has 0 spiro atoms. The van der Waals surface area contributed by atoms with Gasteiger partial charge in [0.25, 0.3) is 0 Å². The average Bonchev–Trinajstić information content (AvgIpc) is 2.90. The molecule has 3 nitrogen and oxygen atoms in total. The van der Waals surface area contributed by atoms with E-state index in [0.29, 0.717) is 22.8 Å². The highest BCUT2D eigenvalue weighted by Gasteiger charge is 2.13. The highest BCUT2D eigenvalue weighted by Crippen LogP contribution is 2.24. The molecule has 3 heteroatoms. The van der Waals surface area contributed by atoms with Crippen molar-refractivity contribution in [2.45, 2.75) is 78.6 Å². The van der Waals surface area contributed by atoms with Gasteiger partial charge in [0.05, 0.1) is 11.1 Å². The van der Waals surface area contributed by atoms with Crippen molar-refractivity contribution in [1.29, 1.82) is 5.26 Å². The summed E-state index contributed by atoms with van der Waals surface area (Å²) in [6, 6.07) is 23.8. The molecule has 0 amide bonds. The Morgan fingerprint density at radius 3 is 2.06 bits per heavy atom. The summed E-state index contributed by atoms with van der Waals surface area (Å²) in [5, 5.41) is 9.60. The molecule has 0 radical (unpaired) electrons. The molecule has 0 aromatic heterocycles. The summed E-state index contributed by atoms with van der Waals surface area (Å²) in [6.07, 6.45) is 10.6. The van der Waals surface area contributed by atoms with Crippen molar-refractivity contribution in [2.24, 2.45) is 5.92 Å². The van der Waals surface area contributed by atoms with Crippen LogP contribution < -0.4 is 4.74 Å². The zero-order valence-electron chi connectivity index (χ0n) is 22.1. The molecule has 0 heterocycles. The number of nitrogens with zero attached hydrogens (tertiary/aromatic N) is 1. The summed E-state index contributed by atoms with van der Waals surface area (Å²) in [7, 11) is 0. The second-order valence-electron chi connectivity index (χ2n) is 10.1. The minimum Gasteiger partial charge on any atom is -0.422 e. The number of benzene rings is 3. The predicted octanol–water partition coefficient (Wildman–Crippen LogP) is 8.94. The van der Waals surface area contributed by atoms with Crippen molar-refractivity contribution >= 4 is 5.97 Å². The Kier molecular flexibility index (Phi) is 10.8. The first-order chi connectivity index (χ1) is 17.5. The standard InChI is InChI=1S/C33H39NO2/c1-4-5-6-7-8-9-10-27-15-22-32(31(23-27)24-34)36-33(35)30-20-18-29(19-21-30)28-16-13-26(14-17-28)12-11-25(2)3/h13-23,25H,4-12H2,1-3H3. The van der Waals surface area contributed by atoms with E-state index in [1.165, 1.54) is 44.1 Å². The van der Waals surface area contributed by atoms with E-state index in [1.54, 1.807) is 18.2 Å². The van der Waals surface area contributed by atoms with Gasteiger partial charge in [-0.2, -0.15) is 5.26 Å². The van der Waals surface area contributed by atoms with Crippen LogP contribution in [-0.2, 0) is 12.8 Å². The number of ether oxygens (including phenoxy) is 1. The number of aryl methyl sites for hydroxylation is 2. The molecule has 0 atom stereocenters. The van der Waals surface area contributed by atoms with Crippen LogP contribution in [0, 0.1) is 17.2 Å². The Bertz CT molecular complexity index is 1140. The second-order valence-corrected chi connectivity index (χ2v) is 10.1. The molecule has 0 saturated heterocycles. The second kappa shape index (κ2) is 14.2. The van der Waals surface area contributed by atoms with Gasteiger partial charge in [0.1, 0.15) is 11.8 Å². The number of esters is 1. The Morgan fingerprint density at radius 1 is 0.806 bits per heavy atom. The molecule has 0 N–H and O–H groups in total. The third-order valence-corrected chi connectivity index (χ3v) is 6.60. The van der Waals surface area contributed by atoms with E-state index in [1.807, 2.05) is 24.3 Å². The highest BCUT2D eigenvalue weighted by molar-refractivity contribution is 5.92. The molecule has 3 aromatic rings. The van der Waals surface area contributed by atoms with Gasteiger partial charge in [-0.1, -0.05) is 95.3 Å². The molecule has 36 heavy (non-hydrogen) atoms. The van der Waals surface area contributed by atoms with E-state index in [0.717, 1.165) is 36.0 Å². The fourth-order valence-electron chi connectivity index (χ4n) is 4.30. The number of nitriles is 1. The van der Waals surface area contributed by atoms with Crippen molar-refractivity contribution in [3.05, 3.63) is 89.0 Å². The van der Waals surface area contributed by atoms with E-state index in [2.05, 4.69) is 51.1 Å². The molecule has 0 unspecified atom stereocenters. The number of hydrogen-bond donors (Lipinski definition) is 0. The molecule has 3 aromatic carbocycles. The number of carbonyl (C=O) groups excluding carboxylic acids is 1. The summed E-state index contributed by atoms with van der Waals surface area (Å²) >= 11 is 0. The normalized spacial score (nSPS) is 10.9. The van der Waals surface area contributed by atoms with Crippen molar-refractivity contribution < 1.29 is 9.53 Å². The molecule has 188 valence electrons. The molecule has 0 fully saturated rings. The summed E-state index contributed by atoms with van der Waals surface area (Å²) in [5.74, 6) is 0.560. The molecule has 3 rings (SSSR count). The third kappa shape index (κ3) is 8.38.